The van der Waals surface area contributed by atoms with Gasteiger partial charge in [-0.05, 0) is 48.9 Å². The molecule has 6 nitrogen and oxygen atoms in total. The summed E-state index contributed by atoms with van der Waals surface area (Å²) < 4.78 is 26.8. The molecule has 0 unspecified atom stereocenters. The number of carbonyl (C=O) groups is 1. The summed E-state index contributed by atoms with van der Waals surface area (Å²) in [6, 6.07) is 10.2. The molecule has 0 saturated heterocycles. The van der Waals surface area contributed by atoms with Crippen molar-refractivity contribution in [3.63, 3.8) is 0 Å². The zero-order valence-corrected chi connectivity index (χ0v) is 18.4. The lowest BCUT2D eigenvalue weighted by atomic mass is 10.1. The Kier molecular flexibility index (Phi) is 6.03. The monoisotopic (exact) mass is 451 g/mol. The standard InChI is InChI=1S/C20H19Cl2N3O3S/c1-12-8-16(10-14-5-6-15(11-23-14)24-29(3,27)28)25(2)19(12)20(26)13-4-7-17(21)18(22)9-13/h4-9,11,24H,10H2,1-3H3. The van der Waals surface area contributed by atoms with E-state index in [-0.39, 0.29) is 5.78 Å². The van der Waals surface area contributed by atoms with Crippen LogP contribution in [0.1, 0.15) is 33.0 Å². The molecule has 0 bridgehead atoms. The Morgan fingerprint density at radius 2 is 1.86 bits per heavy atom. The van der Waals surface area contributed by atoms with E-state index in [1.165, 1.54) is 6.20 Å². The molecule has 2 aromatic heterocycles. The molecule has 1 aromatic carbocycles. The summed E-state index contributed by atoms with van der Waals surface area (Å²) in [5.41, 5.74) is 3.92. The van der Waals surface area contributed by atoms with Crippen LogP contribution in [-0.2, 0) is 23.5 Å². The summed E-state index contributed by atoms with van der Waals surface area (Å²) in [4.78, 5) is 17.3. The molecule has 9 heteroatoms. The number of carbonyl (C=O) groups excluding carboxylic acids is 1. The van der Waals surface area contributed by atoms with Gasteiger partial charge in [0.15, 0.2) is 0 Å². The van der Waals surface area contributed by atoms with Crippen molar-refractivity contribution in [2.75, 3.05) is 11.0 Å². The van der Waals surface area contributed by atoms with Crippen LogP contribution in [0.5, 0.6) is 0 Å². The number of nitrogens with zero attached hydrogens (tertiary/aromatic N) is 2. The molecule has 3 aromatic rings. The number of rotatable bonds is 6. The minimum Gasteiger partial charge on any atom is -0.344 e. The average molecular weight is 452 g/mol. The van der Waals surface area contributed by atoms with Crippen molar-refractivity contribution in [1.82, 2.24) is 9.55 Å². The van der Waals surface area contributed by atoms with E-state index in [4.69, 9.17) is 23.2 Å². The molecular formula is C20H19Cl2N3O3S. The first-order valence-electron chi connectivity index (χ1n) is 8.63. The topological polar surface area (TPSA) is 81.1 Å². The van der Waals surface area contributed by atoms with Crippen LogP contribution in [-0.4, -0.2) is 30.0 Å². The van der Waals surface area contributed by atoms with E-state index in [1.807, 2.05) is 24.6 Å². The van der Waals surface area contributed by atoms with E-state index < -0.39 is 10.0 Å². The Morgan fingerprint density at radius 1 is 1.14 bits per heavy atom. The van der Waals surface area contributed by atoms with Crippen LogP contribution in [0.25, 0.3) is 0 Å². The molecule has 0 spiro atoms. The molecule has 0 aliphatic rings. The Hall–Kier alpha value is -2.35. The largest absolute Gasteiger partial charge is 0.344 e. The third-order valence-electron chi connectivity index (χ3n) is 4.41. The number of sulfonamides is 1. The number of nitrogens with one attached hydrogen (secondary N) is 1. The number of hydrogen-bond acceptors (Lipinski definition) is 4. The predicted octanol–water partition coefficient (Wildman–Crippen LogP) is 4.23. The molecule has 0 saturated carbocycles. The molecule has 29 heavy (non-hydrogen) atoms. The lowest BCUT2D eigenvalue weighted by Gasteiger charge is -2.09. The Labute approximate surface area is 179 Å². The van der Waals surface area contributed by atoms with E-state index in [0.717, 1.165) is 23.2 Å². The van der Waals surface area contributed by atoms with E-state index in [2.05, 4.69) is 9.71 Å². The van der Waals surface area contributed by atoms with Crippen LogP contribution in [0, 0.1) is 6.92 Å². The third kappa shape index (κ3) is 4.98. The van der Waals surface area contributed by atoms with Crippen molar-refractivity contribution in [3.05, 3.63) is 80.8 Å². The van der Waals surface area contributed by atoms with Crippen molar-refractivity contribution >= 4 is 44.7 Å². The first-order chi connectivity index (χ1) is 13.5. The van der Waals surface area contributed by atoms with Gasteiger partial charge in [0.2, 0.25) is 15.8 Å². The maximum absolute atomic E-state index is 13.0. The second-order valence-corrected chi connectivity index (χ2v) is 9.34. The summed E-state index contributed by atoms with van der Waals surface area (Å²) in [6.07, 6.45) is 3.04. The molecule has 1 N–H and O–H groups in total. The van der Waals surface area contributed by atoms with Gasteiger partial charge < -0.3 is 4.57 Å². The lowest BCUT2D eigenvalue weighted by Crippen LogP contribution is -2.11. The number of pyridine rings is 1. The fourth-order valence-corrected chi connectivity index (χ4v) is 3.93. The van der Waals surface area contributed by atoms with Gasteiger partial charge in [-0.3, -0.25) is 14.5 Å². The van der Waals surface area contributed by atoms with Crippen LogP contribution in [0.15, 0.2) is 42.6 Å². The van der Waals surface area contributed by atoms with Crippen LogP contribution in [0.4, 0.5) is 5.69 Å². The van der Waals surface area contributed by atoms with Gasteiger partial charge in [-0.25, -0.2) is 8.42 Å². The number of halogens is 2. The number of anilines is 1. The Bertz CT molecular complexity index is 1190. The SMILES string of the molecule is Cc1cc(Cc2ccc(NS(C)(=O)=O)cn2)n(C)c1C(=O)c1ccc(Cl)c(Cl)c1. The predicted molar refractivity (Wildman–Crippen MR) is 116 cm³/mol. The molecule has 0 aliphatic heterocycles. The van der Waals surface area contributed by atoms with Gasteiger partial charge in [-0.15, -0.1) is 0 Å². The maximum atomic E-state index is 13.0. The smallest absolute Gasteiger partial charge is 0.229 e. The van der Waals surface area contributed by atoms with Gasteiger partial charge in [0.25, 0.3) is 0 Å². The zero-order chi connectivity index (χ0) is 21.3. The van der Waals surface area contributed by atoms with E-state index in [1.54, 1.807) is 30.3 Å². The maximum Gasteiger partial charge on any atom is 0.229 e. The van der Waals surface area contributed by atoms with Crippen LogP contribution >= 0.6 is 23.2 Å². The summed E-state index contributed by atoms with van der Waals surface area (Å²) >= 11 is 12.0. The van der Waals surface area contributed by atoms with Gasteiger partial charge in [-0.1, -0.05) is 23.2 Å². The number of aryl methyl sites for hydroxylation is 1. The molecule has 2 heterocycles. The number of hydrogen-bond donors (Lipinski definition) is 1. The number of benzene rings is 1. The fourth-order valence-electron chi connectivity index (χ4n) is 3.09. The summed E-state index contributed by atoms with van der Waals surface area (Å²) in [6.45, 7) is 1.88. The molecule has 0 atom stereocenters. The highest BCUT2D eigenvalue weighted by molar-refractivity contribution is 7.92. The zero-order valence-electron chi connectivity index (χ0n) is 16.0. The average Bonchev–Trinajstić information content (AvgIpc) is 2.90. The Balaban J connectivity index is 1.85. The highest BCUT2D eigenvalue weighted by Gasteiger charge is 2.19. The molecular weight excluding hydrogens is 433 g/mol. The number of aromatic nitrogens is 2. The van der Waals surface area contributed by atoms with Crippen molar-refractivity contribution in [1.29, 1.82) is 0 Å². The van der Waals surface area contributed by atoms with Gasteiger partial charge in [0, 0.05) is 30.4 Å². The summed E-state index contributed by atoms with van der Waals surface area (Å²) in [5.74, 6) is -0.143. The molecule has 152 valence electrons. The molecule has 0 amide bonds. The van der Waals surface area contributed by atoms with Crippen LogP contribution in [0.2, 0.25) is 10.0 Å². The van der Waals surface area contributed by atoms with Gasteiger partial charge in [0.1, 0.15) is 0 Å². The van der Waals surface area contributed by atoms with Gasteiger partial charge in [0.05, 0.1) is 33.9 Å². The van der Waals surface area contributed by atoms with E-state index in [0.29, 0.717) is 33.4 Å². The second-order valence-electron chi connectivity index (χ2n) is 6.77. The summed E-state index contributed by atoms with van der Waals surface area (Å²) in [5, 5.41) is 0.726. The van der Waals surface area contributed by atoms with Crippen molar-refractivity contribution < 1.29 is 13.2 Å². The van der Waals surface area contributed by atoms with Gasteiger partial charge in [-0.2, -0.15) is 0 Å². The third-order valence-corrected chi connectivity index (χ3v) is 5.76. The van der Waals surface area contributed by atoms with Gasteiger partial charge >= 0.3 is 0 Å². The van der Waals surface area contributed by atoms with Crippen molar-refractivity contribution in [3.8, 4) is 0 Å². The molecule has 0 fully saturated rings. The number of ketones is 1. The van der Waals surface area contributed by atoms with E-state index >= 15 is 0 Å². The second kappa shape index (κ2) is 8.18. The lowest BCUT2D eigenvalue weighted by molar-refractivity contribution is 0.103. The quantitative estimate of drug-likeness (QED) is 0.568. The molecule has 0 radical (unpaired) electrons. The highest BCUT2D eigenvalue weighted by Crippen LogP contribution is 2.26. The highest BCUT2D eigenvalue weighted by atomic mass is 35.5. The van der Waals surface area contributed by atoms with E-state index in [9.17, 15) is 13.2 Å². The van der Waals surface area contributed by atoms with Crippen molar-refractivity contribution in [2.24, 2.45) is 7.05 Å². The normalized spacial score (nSPS) is 11.5. The Morgan fingerprint density at radius 3 is 2.45 bits per heavy atom. The first kappa shape index (κ1) is 21.4. The first-order valence-corrected chi connectivity index (χ1v) is 11.3. The molecule has 3 rings (SSSR count). The summed E-state index contributed by atoms with van der Waals surface area (Å²) in [7, 11) is -1.52. The fraction of sp³-hybridized carbons (Fsp3) is 0.200. The van der Waals surface area contributed by atoms with Crippen LogP contribution < -0.4 is 4.72 Å². The van der Waals surface area contributed by atoms with Crippen molar-refractivity contribution in [2.45, 2.75) is 13.3 Å². The molecule has 0 aliphatic carbocycles. The minimum absolute atomic E-state index is 0.143. The van der Waals surface area contributed by atoms with Crippen LogP contribution in [0.3, 0.4) is 0 Å². The minimum atomic E-state index is -3.35.